The molecule has 346 valence electrons. The number of phosphoric ester groups is 1. The summed E-state index contributed by atoms with van der Waals surface area (Å²) in [6, 6.07) is -1.58. The lowest BCUT2D eigenvalue weighted by molar-refractivity contribution is -0.147. The molecule has 0 aromatic rings. The van der Waals surface area contributed by atoms with Crippen LogP contribution < -0.4 is 5.32 Å². The van der Waals surface area contributed by atoms with Gasteiger partial charge in [0.1, 0.15) is 12.7 Å². The van der Waals surface area contributed by atoms with Gasteiger partial charge in [0.2, 0.25) is 5.91 Å². The first-order chi connectivity index (χ1) is 29.1. The van der Waals surface area contributed by atoms with Crippen LogP contribution in [0.5, 0.6) is 0 Å². The molecule has 0 aromatic carbocycles. The highest BCUT2D eigenvalue weighted by Gasteiger charge is 2.28. The predicted molar refractivity (Wildman–Crippen MR) is 245 cm³/mol. The zero-order valence-electron chi connectivity index (χ0n) is 37.5. The average Bonchev–Trinajstić information content (AvgIpc) is 3.22. The molecule has 0 aromatic heterocycles. The molecule has 0 radical (unpaired) electrons. The number of nitrogens with one attached hydrogen (secondary N) is 1. The number of aliphatic hydroxyl groups is 1. The highest BCUT2D eigenvalue weighted by Crippen LogP contribution is 2.43. The van der Waals surface area contributed by atoms with Crippen molar-refractivity contribution in [2.24, 2.45) is 0 Å². The summed E-state index contributed by atoms with van der Waals surface area (Å²) < 4.78 is 26.9. The Morgan fingerprint density at radius 3 is 1.42 bits per heavy atom. The number of carboxylic acid groups (broad SMARTS) is 1. The van der Waals surface area contributed by atoms with Crippen molar-refractivity contribution in [2.75, 3.05) is 19.8 Å². The summed E-state index contributed by atoms with van der Waals surface area (Å²) in [5.74, 6) is -2.45. The number of carboxylic acids is 1. The largest absolute Gasteiger partial charge is 0.480 e. The molecule has 0 rings (SSSR count). The lowest BCUT2D eigenvalue weighted by Gasteiger charge is -2.18. The van der Waals surface area contributed by atoms with Gasteiger partial charge < -0.3 is 25.2 Å². The monoisotopic (exact) mass is 866 g/mol. The number of unbranched alkanes of at least 4 members (excludes halogenated alkanes) is 19. The molecule has 0 aliphatic carbocycles. The van der Waals surface area contributed by atoms with Gasteiger partial charge in [-0.05, 0) is 51.4 Å². The van der Waals surface area contributed by atoms with Gasteiger partial charge >= 0.3 is 19.8 Å². The molecule has 0 saturated carbocycles. The molecule has 0 bridgehead atoms. The fourth-order valence-corrected chi connectivity index (χ4v) is 7.01. The number of carbonyl (C=O) groups is 3. The zero-order valence-corrected chi connectivity index (χ0v) is 38.4. The summed E-state index contributed by atoms with van der Waals surface area (Å²) in [4.78, 5) is 45.9. The first-order valence-electron chi connectivity index (χ1n) is 23.3. The van der Waals surface area contributed by atoms with Crippen molar-refractivity contribution in [3.63, 3.8) is 0 Å². The molecular weight excluding hydrogens is 781 g/mol. The lowest BCUT2D eigenvalue weighted by Crippen LogP contribution is -2.43. The second-order valence-electron chi connectivity index (χ2n) is 15.6. The molecule has 0 fully saturated rings. The number of aliphatic hydroxyl groups excluding tert-OH is 1. The fraction of sp³-hybridized carbons (Fsp3) is 0.729. The van der Waals surface area contributed by atoms with E-state index in [1.807, 2.05) is 12.2 Å². The van der Waals surface area contributed by atoms with E-state index in [2.05, 4.69) is 67.8 Å². The van der Waals surface area contributed by atoms with E-state index in [1.165, 1.54) is 96.3 Å². The van der Waals surface area contributed by atoms with Gasteiger partial charge in [0.05, 0.1) is 13.2 Å². The van der Waals surface area contributed by atoms with Gasteiger partial charge in [-0.15, -0.1) is 0 Å². The number of rotatable bonds is 43. The van der Waals surface area contributed by atoms with Crippen molar-refractivity contribution in [2.45, 2.75) is 206 Å². The molecule has 4 N–H and O–H groups in total. The van der Waals surface area contributed by atoms with Crippen LogP contribution in [0, 0.1) is 0 Å². The van der Waals surface area contributed by atoms with E-state index in [0.717, 1.165) is 51.4 Å². The molecular formula is C48H84NO10P. The van der Waals surface area contributed by atoms with E-state index in [-0.39, 0.29) is 12.8 Å². The summed E-state index contributed by atoms with van der Waals surface area (Å²) in [6.07, 6.45) is 49.7. The Morgan fingerprint density at radius 2 is 0.967 bits per heavy atom. The fourth-order valence-electron chi connectivity index (χ4n) is 6.23. The van der Waals surface area contributed by atoms with Crippen LogP contribution in [-0.4, -0.2) is 64.9 Å². The maximum atomic E-state index is 12.3. The number of phosphoric acid groups is 1. The summed E-state index contributed by atoms with van der Waals surface area (Å²) in [7, 11) is -4.77. The molecule has 0 aliphatic rings. The highest BCUT2D eigenvalue weighted by atomic mass is 31.2. The van der Waals surface area contributed by atoms with E-state index >= 15 is 0 Å². The maximum Gasteiger partial charge on any atom is 0.472 e. The number of hydrogen-bond donors (Lipinski definition) is 4. The second-order valence-corrected chi connectivity index (χ2v) is 17.0. The molecule has 11 nitrogen and oxygen atoms in total. The molecule has 60 heavy (non-hydrogen) atoms. The third-order valence-corrected chi connectivity index (χ3v) is 10.8. The van der Waals surface area contributed by atoms with Crippen molar-refractivity contribution >= 4 is 25.7 Å². The van der Waals surface area contributed by atoms with E-state index in [4.69, 9.17) is 13.8 Å². The van der Waals surface area contributed by atoms with Gasteiger partial charge in [-0.25, -0.2) is 9.36 Å². The number of carbonyl (C=O) groups excluding carboxylic acids is 2. The van der Waals surface area contributed by atoms with Crippen molar-refractivity contribution in [3.8, 4) is 0 Å². The number of esters is 1. The summed E-state index contributed by atoms with van der Waals surface area (Å²) in [5, 5.41) is 21.8. The van der Waals surface area contributed by atoms with Gasteiger partial charge in [-0.3, -0.25) is 18.6 Å². The van der Waals surface area contributed by atoms with Crippen LogP contribution in [0.1, 0.15) is 194 Å². The van der Waals surface area contributed by atoms with E-state index in [0.29, 0.717) is 19.3 Å². The number of ether oxygens (including phenoxy) is 1. The van der Waals surface area contributed by atoms with Crippen molar-refractivity contribution in [1.29, 1.82) is 0 Å². The predicted octanol–water partition coefficient (Wildman–Crippen LogP) is 12.3. The first-order valence-corrected chi connectivity index (χ1v) is 24.8. The van der Waals surface area contributed by atoms with Gasteiger partial charge in [0, 0.05) is 12.8 Å². The van der Waals surface area contributed by atoms with Crippen molar-refractivity contribution < 1.29 is 47.8 Å². The number of hydrogen-bond acceptors (Lipinski definition) is 8. The van der Waals surface area contributed by atoms with E-state index in [1.54, 1.807) is 0 Å². The zero-order chi connectivity index (χ0) is 44.2. The Morgan fingerprint density at radius 1 is 0.550 bits per heavy atom. The van der Waals surface area contributed by atoms with Crippen molar-refractivity contribution in [3.05, 3.63) is 60.8 Å². The summed E-state index contributed by atoms with van der Waals surface area (Å²) in [5.41, 5.74) is 0. The Hall–Kier alpha value is -2.82. The van der Waals surface area contributed by atoms with Crippen LogP contribution in [0.25, 0.3) is 0 Å². The molecule has 12 heteroatoms. The smallest absolute Gasteiger partial charge is 0.472 e. The van der Waals surface area contributed by atoms with E-state index < -0.39 is 57.6 Å². The van der Waals surface area contributed by atoms with Gasteiger partial charge in [-0.1, -0.05) is 190 Å². The maximum absolute atomic E-state index is 12.3. The number of aliphatic carboxylic acids is 1. The first kappa shape index (κ1) is 57.2. The van der Waals surface area contributed by atoms with Crippen LogP contribution >= 0.6 is 7.82 Å². The Bertz CT molecular complexity index is 1250. The van der Waals surface area contributed by atoms with E-state index in [9.17, 15) is 34.1 Å². The molecule has 0 spiro atoms. The van der Waals surface area contributed by atoms with Gasteiger partial charge in [-0.2, -0.15) is 0 Å². The average molecular weight is 866 g/mol. The van der Waals surface area contributed by atoms with Crippen LogP contribution in [0.3, 0.4) is 0 Å². The van der Waals surface area contributed by atoms with Gasteiger partial charge in [0.25, 0.3) is 0 Å². The molecule has 0 saturated heterocycles. The molecule has 0 aliphatic heterocycles. The molecule has 3 unspecified atom stereocenters. The summed E-state index contributed by atoms with van der Waals surface area (Å²) >= 11 is 0. The minimum Gasteiger partial charge on any atom is -0.480 e. The van der Waals surface area contributed by atoms with Crippen LogP contribution in [0.4, 0.5) is 0 Å². The Labute approximate surface area is 364 Å². The molecule has 0 heterocycles. The molecule has 3 atom stereocenters. The minimum absolute atomic E-state index is 0.0653. The summed E-state index contributed by atoms with van der Waals surface area (Å²) in [6.45, 7) is 2.45. The number of allylic oxidation sites excluding steroid dienone is 10. The normalized spacial score (nSPS) is 14.2. The topological polar surface area (TPSA) is 169 Å². The SMILES string of the molecule is CC/C=C\C/C=C\C/C=C\C/C=C\C/C=C\CCCC(=O)NC(COP(=O)(O)OCC(O)COC(=O)CCCCCCCCCCCCCCCCCCCCC)C(=O)O. The third-order valence-electron chi connectivity index (χ3n) is 9.82. The lowest BCUT2D eigenvalue weighted by atomic mass is 10.0. The van der Waals surface area contributed by atoms with Crippen molar-refractivity contribution in [1.82, 2.24) is 5.32 Å². The van der Waals surface area contributed by atoms with Gasteiger partial charge in [0.15, 0.2) is 6.04 Å². The Kier molecular flexibility index (Phi) is 40.8. The Balaban J connectivity index is 3.92. The minimum atomic E-state index is -4.77. The third kappa shape index (κ3) is 41.9. The van der Waals surface area contributed by atoms with Crippen LogP contribution in [0.15, 0.2) is 60.8 Å². The number of amides is 1. The van der Waals surface area contributed by atoms with Crippen LogP contribution in [-0.2, 0) is 32.7 Å². The highest BCUT2D eigenvalue weighted by molar-refractivity contribution is 7.47. The second kappa shape index (κ2) is 42.9. The van der Waals surface area contributed by atoms with Crippen LogP contribution in [0.2, 0.25) is 0 Å². The quantitative estimate of drug-likeness (QED) is 0.0200. The standard InChI is InChI=1S/C48H84NO10P/c1-3-5-7-9-11-13-15-17-19-21-22-24-26-28-30-32-34-36-38-40-47(52)57-41-44(50)42-58-60(55,56)59-43-45(48(53)54)49-46(51)39-37-35-33-31-29-27-25-23-20-18-16-14-12-10-8-6-4-2/h6,8,12,14,18,20,25,27,31,33,44-45,50H,3-5,7,9-11,13,15-17,19,21-24,26,28-30,32,34-43H2,1-2H3,(H,49,51)(H,53,54)(H,55,56)/b8-6-,14-12-,20-18-,27-25-,33-31-. The molecule has 1 amide bonds.